The van der Waals surface area contributed by atoms with Crippen LogP contribution in [0.1, 0.15) is 22.8 Å². The largest absolute Gasteiger partial charge is 0.454 e. The monoisotopic (exact) mass is 372 g/mol. The van der Waals surface area contributed by atoms with Crippen molar-refractivity contribution < 1.29 is 23.5 Å². The van der Waals surface area contributed by atoms with Gasteiger partial charge in [0.15, 0.2) is 6.61 Å². The minimum Gasteiger partial charge on any atom is -0.454 e. The molecular formula is C20H21FN2O4. The maximum atomic E-state index is 13.5. The highest BCUT2D eigenvalue weighted by Gasteiger charge is 2.18. The van der Waals surface area contributed by atoms with Crippen LogP contribution >= 0.6 is 0 Å². The van der Waals surface area contributed by atoms with Gasteiger partial charge in [0.05, 0.1) is 0 Å². The van der Waals surface area contributed by atoms with Crippen LogP contribution in [-0.2, 0) is 20.7 Å². The fourth-order valence-electron chi connectivity index (χ4n) is 2.28. The maximum absolute atomic E-state index is 13.5. The maximum Gasteiger partial charge on any atom is 0.328 e. The molecule has 142 valence electrons. The lowest BCUT2D eigenvalue weighted by molar-refractivity contribution is -0.150. The molecule has 0 spiro atoms. The summed E-state index contributed by atoms with van der Waals surface area (Å²) in [7, 11) is 0. The van der Waals surface area contributed by atoms with Crippen LogP contribution in [0.15, 0.2) is 54.6 Å². The molecule has 0 aliphatic rings. The predicted molar refractivity (Wildman–Crippen MR) is 97.4 cm³/mol. The molecule has 2 amide bonds. The number of carbonyl (C=O) groups is 3. The van der Waals surface area contributed by atoms with Crippen LogP contribution in [0.25, 0.3) is 0 Å². The molecular weight excluding hydrogens is 351 g/mol. The molecule has 0 radical (unpaired) electrons. The van der Waals surface area contributed by atoms with Gasteiger partial charge in [0.25, 0.3) is 11.8 Å². The van der Waals surface area contributed by atoms with Crippen molar-refractivity contribution in [2.75, 3.05) is 13.2 Å². The molecule has 0 heterocycles. The minimum absolute atomic E-state index is 0.220. The highest BCUT2D eigenvalue weighted by Crippen LogP contribution is 2.06. The lowest BCUT2D eigenvalue weighted by atomic mass is 10.1. The molecule has 2 N–H and O–H groups in total. The van der Waals surface area contributed by atoms with Gasteiger partial charge in [-0.15, -0.1) is 0 Å². The highest BCUT2D eigenvalue weighted by molar-refractivity contribution is 5.96. The van der Waals surface area contributed by atoms with Crippen molar-refractivity contribution in [3.8, 4) is 0 Å². The SMILES string of the molecule is C[C@H](NC(=O)c1ccccc1)C(=O)OCC(=O)NCCc1ccccc1F. The van der Waals surface area contributed by atoms with Crippen molar-refractivity contribution in [2.45, 2.75) is 19.4 Å². The molecule has 2 aromatic carbocycles. The van der Waals surface area contributed by atoms with Crippen LogP contribution in [0.3, 0.4) is 0 Å². The molecule has 7 heteroatoms. The molecule has 0 unspecified atom stereocenters. The van der Waals surface area contributed by atoms with Crippen molar-refractivity contribution in [1.82, 2.24) is 10.6 Å². The summed E-state index contributed by atoms with van der Waals surface area (Å²) < 4.78 is 18.4. The number of halogens is 1. The van der Waals surface area contributed by atoms with Crippen LogP contribution in [0.4, 0.5) is 4.39 Å². The van der Waals surface area contributed by atoms with Crippen molar-refractivity contribution in [3.63, 3.8) is 0 Å². The number of nitrogens with one attached hydrogen (secondary N) is 2. The van der Waals surface area contributed by atoms with E-state index in [1.807, 2.05) is 0 Å². The average Bonchev–Trinajstić information content (AvgIpc) is 2.68. The molecule has 0 fully saturated rings. The molecule has 0 aliphatic heterocycles. The van der Waals surface area contributed by atoms with Crippen molar-refractivity contribution >= 4 is 17.8 Å². The van der Waals surface area contributed by atoms with Gasteiger partial charge in [-0.25, -0.2) is 9.18 Å². The van der Waals surface area contributed by atoms with Crippen molar-refractivity contribution in [2.24, 2.45) is 0 Å². The van der Waals surface area contributed by atoms with Crippen LogP contribution in [0, 0.1) is 5.82 Å². The van der Waals surface area contributed by atoms with Gasteiger partial charge in [0.1, 0.15) is 11.9 Å². The van der Waals surface area contributed by atoms with E-state index in [0.717, 1.165) is 0 Å². The normalized spacial score (nSPS) is 11.3. The summed E-state index contributed by atoms with van der Waals surface area (Å²) in [6.07, 6.45) is 0.329. The van der Waals surface area contributed by atoms with Gasteiger partial charge < -0.3 is 15.4 Å². The number of ether oxygens (including phenoxy) is 1. The molecule has 0 aromatic heterocycles. The van der Waals surface area contributed by atoms with E-state index in [2.05, 4.69) is 10.6 Å². The quantitative estimate of drug-likeness (QED) is 0.693. The van der Waals surface area contributed by atoms with Crippen molar-refractivity contribution in [3.05, 3.63) is 71.5 Å². The summed E-state index contributed by atoms with van der Waals surface area (Å²) in [5.74, 6) is -1.96. The lowest BCUT2D eigenvalue weighted by Crippen LogP contribution is -2.41. The second-order valence-electron chi connectivity index (χ2n) is 5.86. The first-order valence-electron chi connectivity index (χ1n) is 8.50. The number of carbonyl (C=O) groups excluding carboxylic acids is 3. The number of esters is 1. The smallest absolute Gasteiger partial charge is 0.328 e. The van der Waals surface area contributed by atoms with Gasteiger partial charge >= 0.3 is 5.97 Å². The average molecular weight is 372 g/mol. The third kappa shape index (κ3) is 6.54. The van der Waals surface area contributed by atoms with Gasteiger partial charge in [-0.1, -0.05) is 36.4 Å². The number of hydrogen-bond donors (Lipinski definition) is 2. The number of benzene rings is 2. The van der Waals surface area contributed by atoms with E-state index in [0.29, 0.717) is 17.5 Å². The zero-order valence-corrected chi connectivity index (χ0v) is 14.9. The molecule has 2 aromatic rings. The van der Waals surface area contributed by atoms with Gasteiger partial charge in [-0.05, 0) is 37.1 Å². The second kappa shape index (κ2) is 10.1. The standard InChI is InChI=1S/C20H21FN2O4/c1-14(23-19(25)16-8-3-2-4-9-16)20(26)27-13-18(24)22-12-11-15-7-5-6-10-17(15)21/h2-10,14H,11-13H2,1H3,(H,22,24)(H,23,25)/t14-/m0/s1. The Hall–Kier alpha value is -3.22. The summed E-state index contributed by atoms with van der Waals surface area (Å²) in [5.41, 5.74) is 0.912. The zero-order valence-electron chi connectivity index (χ0n) is 14.9. The molecule has 27 heavy (non-hydrogen) atoms. The summed E-state index contributed by atoms with van der Waals surface area (Å²) in [5, 5.41) is 5.05. The predicted octanol–water partition coefficient (Wildman–Crippen LogP) is 1.85. The molecule has 0 saturated heterocycles. The molecule has 0 bridgehead atoms. The van der Waals surface area contributed by atoms with Gasteiger partial charge in [-0.2, -0.15) is 0 Å². The van der Waals surface area contributed by atoms with Crippen LogP contribution in [0.5, 0.6) is 0 Å². The van der Waals surface area contributed by atoms with Gasteiger partial charge in [0, 0.05) is 12.1 Å². The van der Waals surface area contributed by atoms with E-state index in [9.17, 15) is 18.8 Å². The van der Waals surface area contributed by atoms with Gasteiger partial charge in [0.2, 0.25) is 0 Å². The summed E-state index contributed by atoms with van der Waals surface area (Å²) in [6, 6.07) is 13.8. The van der Waals surface area contributed by atoms with Crippen LogP contribution in [-0.4, -0.2) is 37.0 Å². The topological polar surface area (TPSA) is 84.5 Å². The first-order valence-corrected chi connectivity index (χ1v) is 8.50. The number of amides is 2. The van der Waals surface area contributed by atoms with E-state index in [4.69, 9.17) is 4.74 Å². The van der Waals surface area contributed by atoms with E-state index < -0.39 is 30.4 Å². The van der Waals surface area contributed by atoms with E-state index in [1.165, 1.54) is 13.0 Å². The first-order chi connectivity index (χ1) is 13.0. The number of rotatable bonds is 8. The van der Waals surface area contributed by atoms with Gasteiger partial charge in [-0.3, -0.25) is 9.59 Å². The molecule has 0 aliphatic carbocycles. The Balaban J connectivity index is 1.68. The van der Waals surface area contributed by atoms with Crippen molar-refractivity contribution in [1.29, 1.82) is 0 Å². The summed E-state index contributed by atoms with van der Waals surface area (Å²) >= 11 is 0. The lowest BCUT2D eigenvalue weighted by Gasteiger charge is -2.13. The Labute approximate surface area is 156 Å². The van der Waals surface area contributed by atoms with E-state index in [1.54, 1.807) is 48.5 Å². The Kier molecular flexibility index (Phi) is 7.49. The fourth-order valence-corrected chi connectivity index (χ4v) is 2.28. The highest BCUT2D eigenvalue weighted by atomic mass is 19.1. The first kappa shape index (κ1) is 20.1. The Morgan fingerprint density at radius 3 is 2.41 bits per heavy atom. The second-order valence-corrected chi connectivity index (χ2v) is 5.86. The third-order valence-electron chi connectivity index (χ3n) is 3.76. The summed E-state index contributed by atoms with van der Waals surface area (Å²) in [4.78, 5) is 35.6. The molecule has 1 atom stereocenters. The van der Waals surface area contributed by atoms with Crippen LogP contribution < -0.4 is 10.6 Å². The number of hydrogen-bond acceptors (Lipinski definition) is 4. The van der Waals surface area contributed by atoms with E-state index >= 15 is 0 Å². The third-order valence-corrected chi connectivity index (χ3v) is 3.76. The zero-order chi connectivity index (χ0) is 19.6. The minimum atomic E-state index is -0.899. The Bertz CT molecular complexity index is 796. The molecule has 0 saturated carbocycles. The summed E-state index contributed by atoms with van der Waals surface area (Å²) in [6.45, 7) is 1.22. The molecule has 6 nitrogen and oxygen atoms in total. The Morgan fingerprint density at radius 2 is 1.70 bits per heavy atom. The molecule has 2 rings (SSSR count). The van der Waals surface area contributed by atoms with Crippen LogP contribution in [0.2, 0.25) is 0 Å². The van der Waals surface area contributed by atoms with E-state index in [-0.39, 0.29) is 12.4 Å². The fraction of sp³-hybridized carbons (Fsp3) is 0.250. The Morgan fingerprint density at radius 1 is 1.04 bits per heavy atom.